The molecule has 47 heavy (non-hydrogen) atoms. The maximum absolute atomic E-state index is 6.48. The molecule has 5 nitrogen and oxygen atoms in total. The van der Waals surface area contributed by atoms with Crippen molar-refractivity contribution in [3.8, 4) is 39.9 Å². The smallest absolute Gasteiger partial charge is 0.519 e. The fourth-order valence-electron chi connectivity index (χ4n) is 6.74. The van der Waals surface area contributed by atoms with Gasteiger partial charge in [-0.15, -0.1) is 0 Å². The first-order chi connectivity index (χ1) is 22.9. The first-order valence-corrected chi connectivity index (χ1v) is 16.3. The molecule has 0 fully saturated rings. The second-order valence-corrected chi connectivity index (χ2v) is 12.7. The molecule has 0 saturated carbocycles. The normalized spacial score (nSPS) is 12.5. The summed E-state index contributed by atoms with van der Waals surface area (Å²) in [5.41, 5.74) is 8.21. The van der Waals surface area contributed by atoms with Gasteiger partial charge in [-0.25, -0.2) is 4.98 Å². The lowest BCUT2D eigenvalue weighted by Gasteiger charge is -2.20. The van der Waals surface area contributed by atoms with Crippen molar-refractivity contribution in [1.82, 2.24) is 9.55 Å². The van der Waals surface area contributed by atoms with E-state index in [1.54, 1.807) is 0 Å². The molecule has 0 atom stereocenters. The van der Waals surface area contributed by atoms with Gasteiger partial charge in [-0.3, -0.25) is 4.57 Å². The van der Waals surface area contributed by atoms with E-state index in [-0.39, 0.29) is 0 Å². The van der Waals surface area contributed by atoms with Gasteiger partial charge in [0.2, 0.25) is 0 Å². The van der Waals surface area contributed by atoms with Gasteiger partial charge in [0.1, 0.15) is 28.8 Å². The van der Waals surface area contributed by atoms with Gasteiger partial charge in [0.05, 0.1) is 11.0 Å². The van der Waals surface area contributed by atoms with Gasteiger partial charge >= 0.3 is 7.12 Å². The summed E-state index contributed by atoms with van der Waals surface area (Å²) in [5.74, 6) is 4.60. The van der Waals surface area contributed by atoms with Crippen LogP contribution in [-0.2, 0) is 0 Å². The van der Waals surface area contributed by atoms with Crippen molar-refractivity contribution < 1.29 is 14.0 Å². The molecule has 230 valence electrons. The highest BCUT2D eigenvalue weighted by Gasteiger charge is 2.34. The number of pyridine rings is 1. The molecule has 6 heteroatoms. The Morgan fingerprint density at radius 2 is 1.28 bits per heavy atom. The Hall–Kier alpha value is -5.49. The number of hydrogen-bond acceptors (Lipinski definition) is 4. The van der Waals surface area contributed by atoms with E-state index in [0.717, 1.165) is 44.9 Å². The molecular weight excluding hydrogens is 579 g/mol. The molecular formula is C41H35BN2O3. The summed E-state index contributed by atoms with van der Waals surface area (Å²) in [6.07, 6.45) is 1.93. The summed E-state index contributed by atoms with van der Waals surface area (Å²) in [5, 5.41) is 2.31. The highest BCUT2D eigenvalue weighted by Crippen LogP contribution is 2.39. The zero-order chi connectivity index (χ0) is 32.1. The van der Waals surface area contributed by atoms with Crippen LogP contribution in [0.15, 0.2) is 128 Å². The number of aromatic nitrogens is 2. The maximum Gasteiger partial charge on any atom is 0.632 e. The fourth-order valence-corrected chi connectivity index (χ4v) is 6.74. The number of rotatable bonds is 7. The van der Waals surface area contributed by atoms with Gasteiger partial charge in [-0.1, -0.05) is 88.4 Å². The monoisotopic (exact) mass is 614 g/mol. The van der Waals surface area contributed by atoms with Gasteiger partial charge < -0.3 is 14.0 Å². The molecule has 1 aliphatic heterocycles. The van der Waals surface area contributed by atoms with Crippen LogP contribution in [0.4, 0.5) is 0 Å². The average molecular weight is 615 g/mol. The van der Waals surface area contributed by atoms with Crippen LogP contribution in [0.1, 0.15) is 50.7 Å². The van der Waals surface area contributed by atoms with Gasteiger partial charge in [0.25, 0.3) is 0 Å². The van der Waals surface area contributed by atoms with Crippen molar-refractivity contribution >= 4 is 34.4 Å². The third kappa shape index (κ3) is 5.20. The third-order valence-corrected chi connectivity index (χ3v) is 8.96. The number of benzene rings is 5. The summed E-state index contributed by atoms with van der Waals surface area (Å²) in [6.45, 7) is 9.06. The van der Waals surface area contributed by atoms with E-state index in [9.17, 15) is 0 Å². The quantitative estimate of drug-likeness (QED) is 0.168. The Balaban J connectivity index is 1.20. The summed E-state index contributed by atoms with van der Waals surface area (Å²) in [6, 6.07) is 41.5. The Labute approximate surface area is 275 Å². The zero-order valence-corrected chi connectivity index (χ0v) is 27.0. The van der Waals surface area contributed by atoms with Gasteiger partial charge in [-0.2, -0.15) is 0 Å². The second kappa shape index (κ2) is 11.7. The van der Waals surface area contributed by atoms with E-state index >= 15 is 0 Å². The molecule has 7 aromatic rings. The molecule has 2 aromatic heterocycles. The van der Waals surface area contributed by atoms with Crippen molar-refractivity contribution in [3.63, 3.8) is 0 Å². The van der Waals surface area contributed by atoms with E-state index in [2.05, 4.69) is 99.0 Å². The average Bonchev–Trinajstić information content (AvgIpc) is 3.67. The topological polar surface area (TPSA) is 45.5 Å². The van der Waals surface area contributed by atoms with E-state index in [1.165, 1.54) is 27.6 Å². The Bertz CT molecular complexity index is 2220. The Morgan fingerprint density at radius 1 is 0.617 bits per heavy atom. The molecule has 0 radical (unpaired) electrons. The summed E-state index contributed by atoms with van der Waals surface area (Å²) in [4.78, 5) is 4.94. The van der Waals surface area contributed by atoms with Crippen LogP contribution in [0.5, 0.6) is 23.0 Å². The zero-order valence-electron chi connectivity index (χ0n) is 27.0. The minimum atomic E-state index is -0.517. The number of para-hydroxylation sites is 3. The largest absolute Gasteiger partial charge is 0.632 e. The van der Waals surface area contributed by atoms with Gasteiger partial charge in [-0.05, 0) is 88.7 Å². The summed E-state index contributed by atoms with van der Waals surface area (Å²) in [7, 11) is -0.517. The van der Waals surface area contributed by atoms with Crippen LogP contribution < -0.4 is 19.5 Å². The lowest BCUT2D eigenvalue weighted by Crippen LogP contribution is -2.38. The highest BCUT2D eigenvalue weighted by molar-refractivity contribution is 6.63. The van der Waals surface area contributed by atoms with Crippen LogP contribution >= 0.6 is 0 Å². The molecule has 5 aromatic carbocycles. The highest BCUT2D eigenvalue weighted by atomic mass is 16.6. The van der Waals surface area contributed by atoms with Crippen molar-refractivity contribution in [1.29, 1.82) is 0 Å². The minimum absolute atomic E-state index is 0.397. The SMILES string of the molecule is CC(C)c1cccc(C(C)C)c1-c1ccnc(-n2c3ccccc3c3ccc(Oc4cccc(B5Oc6ccccc6O5)c4)cc32)c1. The molecule has 0 spiro atoms. The standard InChI is InChI=1S/C41H35BN2O3/c1-26(2)32-14-10-15-33(27(3)4)41(32)28-21-22-43-40(23-28)44-36-16-6-5-13-34(36)35-20-19-31(25-37(35)44)45-30-12-9-11-29(24-30)42-46-38-17-7-8-18-39(38)47-42/h5-27H,1-4H3. The molecule has 1 aliphatic rings. The predicted molar refractivity (Wildman–Crippen MR) is 192 cm³/mol. The molecule has 0 aliphatic carbocycles. The molecule has 0 unspecified atom stereocenters. The minimum Gasteiger partial charge on any atom is -0.519 e. The first kappa shape index (κ1) is 29.0. The molecule has 0 N–H and O–H groups in total. The van der Waals surface area contributed by atoms with Crippen LogP contribution in [0.3, 0.4) is 0 Å². The van der Waals surface area contributed by atoms with Gasteiger partial charge in [0.15, 0.2) is 0 Å². The number of hydrogen-bond donors (Lipinski definition) is 0. The van der Waals surface area contributed by atoms with Crippen molar-refractivity contribution in [2.45, 2.75) is 39.5 Å². The molecule has 0 bridgehead atoms. The summed E-state index contributed by atoms with van der Waals surface area (Å²) >= 11 is 0. The predicted octanol–water partition coefficient (Wildman–Crippen LogP) is 10.1. The molecule has 0 amide bonds. The summed E-state index contributed by atoms with van der Waals surface area (Å²) < 4.78 is 20.8. The lowest BCUT2D eigenvalue weighted by atomic mass is 9.79. The molecule has 3 heterocycles. The van der Waals surface area contributed by atoms with Crippen LogP contribution in [0, 0.1) is 0 Å². The van der Waals surface area contributed by atoms with Gasteiger partial charge in [0, 0.05) is 28.5 Å². The van der Waals surface area contributed by atoms with Crippen molar-refractivity contribution in [3.05, 3.63) is 139 Å². The first-order valence-electron chi connectivity index (χ1n) is 16.3. The number of fused-ring (bicyclic) bond motifs is 4. The van der Waals surface area contributed by atoms with Crippen LogP contribution in [0.25, 0.3) is 38.8 Å². The maximum atomic E-state index is 6.48. The van der Waals surface area contributed by atoms with Crippen LogP contribution in [-0.4, -0.2) is 16.7 Å². The van der Waals surface area contributed by atoms with E-state index in [1.807, 2.05) is 60.8 Å². The Morgan fingerprint density at radius 3 is 2.02 bits per heavy atom. The number of nitrogens with zero attached hydrogens (tertiary/aromatic N) is 2. The van der Waals surface area contributed by atoms with E-state index in [4.69, 9.17) is 19.0 Å². The number of ether oxygens (including phenoxy) is 1. The molecule has 0 saturated heterocycles. The van der Waals surface area contributed by atoms with E-state index < -0.39 is 7.12 Å². The fraction of sp³-hybridized carbons (Fsp3) is 0.146. The third-order valence-electron chi connectivity index (χ3n) is 8.96. The van der Waals surface area contributed by atoms with Crippen molar-refractivity contribution in [2.75, 3.05) is 0 Å². The van der Waals surface area contributed by atoms with Crippen molar-refractivity contribution in [2.24, 2.45) is 0 Å². The lowest BCUT2D eigenvalue weighted by molar-refractivity contribution is 0.482. The second-order valence-electron chi connectivity index (χ2n) is 12.7. The Kier molecular flexibility index (Phi) is 7.21. The molecule has 8 rings (SSSR count). The van der Waals surface area contributed by atoms with E-state index in [0.29, 0.717) is 17.6 Å². The van der Waals surface area contributed by atoms with Crippen LogP contribution in [0.2, 0.25) is 0 Å².